The molecule has 0 aromatic carbocycles. The molecule has 1 rings (SSSR count). The third-order valence-corrected chi connectivity index (χ3v) is 2.61. The molecule has 0 unspecified atom stereocenters. The minimum atomic E-state index is 0.735. The number of rotatable bonds is 1. The van der Waals surface area contributed by atoms with Gasteiger partial charge in [0.05, 0.1) is 0 Å². The third kappa shape index (κ3) is 2.63. The van der Waals surface area contributed by atoms with E-state index in [2.05, 4.69) is 38.8 Å². The molecule has 0 spiro atoms. The Hall–Kier alpha value is -0.300. The fourth-order valence-corrected chi connectivity index (χ4v) is 1.90. The monoisotopic (exact) mass is 167 g/mol. The van der Waals surface area contributed by atoms with E-state index in [1.807, 2.05) is 0 Å². The molecule has 1 atom stereocenters. The van der Waals surface area contributed by atoms with Crippen LogP contribution in [0.5, 0.6) is 0 Å². The second-order valence-electron chi connectivity index (χ2n) is 4.46. The van der Waals surface area contributed by atoms with Crippen molar-refractivity contribution in [2.24, 2.45) is 11.8 Å². The number of likely N-dealkylation sites (N-methyl/N-ethyl adjacent to an activating group) is 1. The molecule has 0 aliphatic carbocycles. The molecule has 0 N–H and O–H groups in total. The Bertz CT molecular complexity index is 170. The predicted molar refractivity (Wildman–Crippen MR) is 54.2 cm³/mol. The topological polar surface area (TPSA) is 3.24 Å². The molecule has 0 saturated heterocycles. The van der Waals surface area contributed by atoms with Crippen LogP contribution in [0.4, 0.5) is 0 Å². The number of hydrogen-bond donors (Lipinski definition) is 0. The smallest absolute Gasteiger partial charge is 0.0162 e. The number of hydrogen-bond acceptors (Lipinski definition) is 1. The van der Waals surface area contributed by atoms with Crippen molar-refractivity contribution in [1.29, 1.82) is 0 Å². The van der Waals surface area contributed by atoms with Crippen LogP contribution < -0.4 is 0 Å². The van der Waals surface area contributed by atoms with Crippen LogP contribution in [-0.2, 0) is 0 Å². The highest BCUT2D eigenvalue weighted by atomic mass is 15.1. The van der Waals surface area contributed by atoms with E-state index in [4.69, 9.17) is 0 Å². The zero-order valence-electron chi connectivity index (χ0n) is 8.80. The molecule has 70 valence electrons. The predicted octanol–water partition coefficient (Wildman–Crippen LogP) is 2.54. The number of allylic oxidation sites excluding steroid dienone is 1. The van der Waals surface area contributed by atoms with Crippen LogP contribution >= 0.6 is 0 Å². The molecule has 0 fully saturated rings. The molecule has 1 heterocycles. The zero-order chi connectivity index (χ0) is 9.14. The van der Waals surface area contributed by atoms with Crippen LogP contribution in [0.3, 0.4) is 0 Å². The minimum absolute atomic E-state index is 0.735. The van der Waals surface area contributed by atoms with Crippen LogP contribution in [0, 0.1) is 11.8 Å². The van der Waals surface area contributed by atoms with Crippen LogP contribution in [-0.4, -0.2) is 25.0 Å². The van der Waals surface area contributed by atoms with E-state index in [0.717, 1.165) is 18.4 Å². The molecule has 0 saturated carbocycles. The maximum absolute atomic E-state index is 2.41. The van der Waals surface area contributed by atoms with E-state index in [1.165, 1.54) is 13.0 Å². The highest BCUT2D eigenvalue weighted by molar-refractivity contribution is 5.08. The van der Waals surface area contributed by atoms with Gasteiger partial charge in [0, 0.05) is 13.1 Å². The summed E-state index contributed by atoms with van der Waals surface area (Å²) in [6.45, 7) is 9.32. The average Bonchev–Trinajstić information content (AvgIpc) is 2.11. The summed E-state index contributed by atoms with van der Waals surface area (Å²) in [5, 5.41) is 0. The number of nitrogens with zero attached hydrogens (tertiary/aromatic N) is 1. The maximum Gasteiger partial charge on any atom is 0.0162 e. The normalized spacial score (nSPS) is 27.1. The lowest BCUT2D eigenvalue weighted by molar-refractivity contribution is 0.320. The molecule has 1 nitrogen and oxygen atoms in total. The standard InChI is InChI=1S/C11H21N/c1-9(2)11-5-6-12(4)8-10(3)7-11/h5,9-10H,6-8H2,1-4H3/t10-/m0/s1. The van der Waals surface area contributed by atoms with Gasteiger partial charge in [-0.3, -0.25) is 0 Å². The Kier molecular flexibility index (Phi) is 3.33. The van der Waals surface area contributed by atoms with Gasteiger partial charge in [0.1, 0.15) is 0 Å². The summed E-state index contributed by atoms with van der Waals surface area (Å²) < 4.78 is 0. The third-order valence-electron chi connectivity index (χ3n) is 2.61. The Morgan fingerprint density at radius 1 is 1.50 bits per heavy atom. The summed E-state index contributed by atoms with van der Waals surface area (Å²) in [6, 6.07) is 0. The zero-order valence-corrected chi connectivity index (χ0v) is 8.80. The van der Waals surface area contributed by atoms with Crippen LogP contribution in [0.2, 0.25) is 0 Å². The lowest BCUT2D eigenvalue weighted by atomic mass is 9.94. The van der Waals surface area contributed by atoms with Crippen molar-refractivity contribution in [1.82, 2.24) is 4.90 Å². The quantitative estimate of drug-likeness (QED) is 0.542. The Labute approximate surface area is 76.5 Å². The van der Waals surface area contributed by atoms with Gasteiger partial charge in [-0.1, -0.05) is 32.4 Å². The highest BCUT2D eigenvalue weighted by Crippen LogP contribution is 2.22. The lowest BCUT2D eigenvalue weighted by Crippen LogP contribution is -2.22. The molecule has 0 radical (unpaired) electrons. The molecular formula is C11H21N. The first-order valence-electron chi connectivity index (χ1n) is 4.97. The summed E-state index contributed by atoms with van der Waals surface area (Å²) in [4.78, 5) is 2.40. The van der Waals surface area contributed by atoms with Crippen molar-refractivity contribution in [2.75, 3.05) is 20.1 Å². The van der Waals surface area contributed by atoms with Gasteiger partial charge in [-0.15, -0.1) is 0 Å². The fourth-order valence-electron chi connectivity index (χ4n) is 1.90. The largest absolute Gasteiger partial charge is 0.302 e. The Morgan fingerprint density at radius 3 is 2.75 bits per heavy atom. The summed E-state index contributed by atoms with van der Waals surface area (Å²) >= 11 is 0. The van der Waals surface area contributed by atoms with Gasteiger partial charge in [0.25, 0.3) is 0 Å². The van der Waals surface area contributed by atoms with Gasteiger partial charge in [-0.2, -0.15) is 0 Å². The Balaban J connectivity index is 2.62. The van der Waals surface area contributed by atoms with Crippen LogP contribution in [0.1, 0.15) is 27.2 Å². The van der Waals surface area contributed by atoms with Crippen LogP contribution in [0.25, 0.3) is 0 Å². The van der Waals surface area contributed by atoms with Gasteiger partial charge in [-0.05, 0) is 25.3 Å². The first kappa shape index (κ1) is 9.79. The SMILES string of the molecule is CC(C)C1=CCN(C)C[C@@H](C)C1. The van der Waals surface area contributed by atoms with E-state index >= 15 is 0 Å². The minimum Gasteiger partial charge on any atom is -0.302 e. The van der Waals surface area contributed by atoms with Crippen LogP contribution in [0.15, 0.2) is 11.6 Å². The van der Waals surface area contributed by atoms with E-state index < -0.39 is 0 Å². The second-order valence-corrected chi connectivity index (χ2v) is 4.46. The molecular weight excluding hydrogens is 146 g/mol. The second kappa shape index (κ2) is 4.08. The van der Waals surface area contributed by atoms with Crippen molar-refractivity contribution < 1.29 is 0 Å². The highest BCUT2D eigenvalue weighted by Gasteiger charge is 2.14. The molecule has 1 heteroatoms. The van der Waals surface area contributed by atoms with Crippen molar-refractivity contribution in [3.8, 4) is 0 Å². The molecule has 0 bridgehead atoms. The van der Waals surface area contributed by atoms with Crippen molar-refractivity contribution >= 4 is 0 Å². The summed E-state index contributed by atoms with van der Waals surface area (Å²) in [5.41, 5.74) is 1.65. The van der Waals surface area contributed by atoms with E-state index in [0.29, 0.717) is 0 Å². The first-order valence-corrected chi connectivity index (χ1v) is 4.97. The van der Waals surface area contributed by atoms with Gasteiger partial charge >= 0.3 is 0 Å². The average molecular weight is 167 g/mol. The van der Waals surface area contributed by atoms with E-state index in [-0.39, 0.29) is 0 Å². The van der Waals surface area contributed by atoms with Crippen molar-refractivity contribution in [2.45, 2.75) is 27.2 Å². The maximum atomic E-state index is 2.41. The van der Waals surface area contributed by atoms with Gasteiger partial charge < -0.3 is 4.90 Å². The summed E-state index contributed by atoms with van der Waals surface area (Å²) in [7, 11) is 2.20. The van der Waals surface area contributed by atoms with Gasteiger partial charge in [0.2, 0.25) is 0 Å². The van der Waals surface area contributed by atoms with Crippen molar-refractivity contribution in [3.63, 3.8) is 0 Å². The molecule has 0 aromatic rings. The molecule has 0 amide bonds. The van der Waals surface area contributed by atoms with Gasteiger partial charge in [-0.25, -0.2) is 0 Å². The lowest BCUT2D eigenvalue weighted by Gasteiger charge is -2.16. The van der Waals surface area contributed by atoms with E-state index in [9.17, 15) is 0 Å². The summed E-state index contributed by atoms with van der Waals surface area (Å²) in [5.74, 6) is 1.56. The molecule has 12 heavy (non-hydrogen) atoms. The van der Waals surface area contributed by atoms with E-state index in [1.54, 1.807) is 5.57 Å². The van der Waals surface area contributed by atoms with Gasteiger partial charge in [0.15, 0.2) is 0 Å². The first-order chi connectivity index (χ1) is 5.59. The molecule has 1 aliphatic heterocycles. The Morgan fingerprint density at radius 2 is 2.17 bits per heavy atom. The van der Waals surface area contributed by atoms with Crippen molar-refractivity contribution in [3.05, 3.63) is 11.6 Å². The fraction of sp³-hybridized carbons (Fsp3) is 0.818. The molecule has 1 aliphatic rings. The summed E-state index contributed by atoms with van der Waals surface area (Å²) in [6.07, 6.45) is 3.70. The molecule has 0 aromatic heterocycles.